The van der Waals surface area contributed by atoms with Crippen molar-refractivity contribution in [2.75, 3.05) is 53.0 Å². The van der Waals surface area contributed by atoms with Gasteiger partial charge < -0.3 is 9.47 Å². The summed E-state index contributed by atoms with van der Waals surface area (Å²) in [5.74, 6) is 1.33. The fourth-order valence-corrected chi connectivity index (χ4v) is 7.60. The third kappa shape index (κ3) is 3.49. The van der Waals surface area contributed by atoms with E-state index >= 15 is 0 Å². The molecule has 0 aromatic heterocycles. The topological polar surface area (TPSA) is 62.3 Å². The maximum atomic E-state index is 13.5. The number of rotatable bonds is 3. The molecule has 29 heavy (non-hydrogen) atoms. The zero-order valence-corrected chi connectivity index (χ0v) is 17.9. The lowest BCUT2D eigenvalue weighted by Gasteiger charge is -2.52. The van der Waals surface area contributed by atoms with E-state index in [0.29, 0.717) is 44.8 Å². The van der Waals surface area contributed by atoms with E-state index in [1.165, 1.54) is 11.1 Å². The van der Waals surface area contributed by atoms with E-state index in [-0.39, 0.29) is 6.04 Å². The third-order valence-electron chi connectivity index (χ3n) is 7.21. The standard InChI is InChI=1S/C21H31N3O4S/c1-27-18-4-5-19-16(13-18)6-8-22-15-17-3-2-7-24(20(17)14-21(19)22)29(25,26)23-9-11-28-12-10-23/h4-5,13,17,20-21H,2-3,6-12,14-15H2,1H3/t17-,20+,21-/m1/s1. The normalized spacial score (nSPS) is 31.6. The number of piperidine rings is 2. The molecule has 0 saturated carbocycles. The minimum Gasteiger partial charge on any atom is -0.497 e. The first-order valence-corrected chi connectivity index (χ1v) is 12.2. The van der Waals surface area contributed by atoms with Crippen LogP contribution in [0.15, 0.2) is 18.2 Å². The fraction of sp³-hybridized carbons (Fsp3) is 0.714. The highest BCUT2D eigenvalue weighted by atomic mass is 32.2. The van der Waals surface area contributed by atoms with Crippen LogP contribution < -0.4 is 4.74 Å². The zero-order chi connectivity index (χ0) is 20.0. The molecular weight excluding hydrogens is 390 g/mol. The van der Waals surface area contributed by atoms with E-state index < -0.39 is 10.2 Å². The number of fused-ring (bicyclic) bond motifs is 4. The number of benzene rings is 1. The Balaban J connectivity index is 1.43. The molecule has 3 atom stereocenters. The lowest BCUT2D eigenvalue weighted by Crippen LogP contribution is -2.60. The predicted octanol–water partition coefficient (Wildman–Crippen LogP) is 1.66. The summed E-state index contributed by atoms with van der Waals surface area (Å²) in [5, 5.41) is 0. The van der Waals surface area contributed by atoms with Gasteiger partial charge in [-0.2, -0.15) is 17.0 Å². The Morgan fingerprint density at radius 1 is 1.14 bits per heavy atom. The summed E-state index contributed by atoms with van der Waals surface area (Å²) in [5.41, 5.74) is 2.70. The molecule has 7 nitrogen and oxygen atoms in total. The van der Waals surface area contributed by atoms with Crippen LogP contribution in [0.3, 0.4) is 0 Å². The van der Waals surface area contributed by atoms with Crippen molar-refractivity contribution in [1.82, 2.24) is 13.5 Å². The van der Waals surface area contributed by atoms with Gasteiger partial charge in [0.1, 0.15) is 5.75 Å². The third-order valence-corrected chi connectivity index (χ3v) is 9.28. The van der Waals surface area contributed by atoms with E-state index in [1.54, 1.807) is 11.4 Å². The number of hydrogen-bond acceptors (Lipinski definition) is 5. The molecule has 0 aliphatic carbocycles. The maximum absolute atomic E-state index is 13.5. The molecule has 0 unspecified atom stereocenters. The summed E-state index contributed by atoms with van der Waals surface area (Å²) in [6.07, 6.45) is 4.00. The Bertz CT molecular complexity index is 855. The van der Waals surface area contributed by atoms with Gasteiger partial charge in [-0.1, -0.05) is 6.07 Å². The van der Waals surface area contributed by atoms with Crippen LogP contribution in [-0.4, -0.2) is 81.0 Å². The van der Waals surface area contributed by atoms with Gasteiger partial charge in [0.2, 0.25) is 0 Å². The first kappa shape index (κ1) is 19.8. The van der Waals surface area contributed by atoms with Crippen molar-refractivity contribution in [1.29, 1.82) is 0 Å². The molecule has 3 fully saturated rings. The maximum Gasteiger partial charge on any atom is 0.282 e. The van der Waals surface area contributed by atoms with Crippen molar-refractivity contribution >= 4 is 10.2 Å². The summed E-state index contributed by atoms with van der Waals surface area (Å²) >= 11 is 0. The van der Waals surface area contributed by atoms with Gasteiger partial charge in [-0.3, -0.25) is 4.90 Å². The van der Waals surface area contributed by atoms with Crippen LogP contribution >= 0.6 is 0 Å². The van der Waals surface area contributed by atoms with Gasteiger partial charge in [0.25, 0.3) is 10.2 Å². The van der Waals surface area contributed by atoms with Gasteiger partial charge in [0.05, 0.1) is 20.3 Å². The summed E-state index contributed by atoms with van der Waals surface area (Å²) in [6.45, 7) is 4.60. The van der Waals surface area contributed by atoms with Crippen LogP contribution in [0.5, 0.6) is 5.75 Å². The van der Waals surface area contributed by atoms with Crippen LogP contribution in [0.4, 0.5) is 0 Å². The Morgan fingerprint density at radius 2 is 1.97 bits per heavy atom. The number of morpholine rings is 1. The lowest BCUT2D eigenvalue weighted by atomic mass is 9.77. The molecular formula is C21H31N3O4S. The largest absolute Gasteiger partial charge is 0.497 e. The Hall–Kier alpha value is -1.19. The van der Waals surface area contributed by atoms with Crippen molar-refractivity contribution in [3.63, 3.8) is 0 Å². The Morgan fingerprint density at radius 3 is 2.76 bits per heavy atom. The molecule has 1 aromatic carbocycles. The average Bonchev–Trinajstić information content (AvgIpc) is 2.77. The van der Waals surface area contributed by atoms with Gasteiger partial charge in [0, 0.05) is 44.8 Å². The average molecular weight is 422 g/mol. The SMILES string of the molecule is COc1ccc2c(c1)CCN1C[C@H]3CCCN(S(=O)(=O)N4CCOCC4)[C@H]3C[C@H]21. The minimum atomic E-state index is -3.43. The van der Waals surface area contributed by atoms with Crippen molar-refractivity contribution in [3.8, 4) is 5.75 Å². The number of ether oxygens (including phenoxy) is 2. The summed E-state index contributed by atoms with van der Waals surface area (Å²) in [7, 11) is -1.73. The van der Waals surface area contributed by atoms with Crippen molar-refractivity contribution < 1.29 is 17.9 Å². The second-order valence-electron chi connectivity index (χ2n) is 8.66. The molecule has 3 saturated heterocycles. The molecule has 4 heterocycles. The number of hydrogen-bond donors (Lipinski definition) is 0. The molecule has 0 amide bonds. The second-order valence-corrected chi connectivity index (χ2v) is 10.5. The zero-order valence-electron chi connectivity index (χ0n) is 17.1. The van der Waals surface area contributed by atoms with Crippen LogP contribution in [0, 0.1) is 5.92 Å². The van der Waals surface area contributed by atoms with Crippen LogP contribution in [-0.2, 0) is 21.4 Å². The van der Waals surface area contributed by atoms with Gasteiger partial charge >= 0.3 is 0 Å². The molecule has 4 aliphatic heterocycles. The predicted molar refractivity (Wildman–Crippen MR) is 110 cm³/mol. The highest BCUT2D eigenvalue weighted by Crippen LogP contribution is 2.44. The Labute approximate surface area is 173 Å². The molecule has 4 aliphatic rings. The monoisotopic (exact) mass is 421 g/mol. The molecule has 5 rings (SSSR count). The highest BCUT2D eigenvalue weighted by molar-refractivity contribution is 7.86. The van der Waals surface area contributed by atoms with Crippen molar-refractivity contribution in [3.05, 3.63) is 29.3 Å². The van der Waals surface area contributed by atoms with Crippen LogP contribution in [0.25, 0.3) is 0 Å². The Kier molecular flexibility index (Phi) is 5.32. The first-order valence-electron chi connectivity index (χ1n) is 10.8. The van der Waals surface area contributed by atoms with Crippen LogP contribution in [0.2, 0.25) is 0 Å². The lowest BCUT2D eigenvalue weighted by molar-refractivity contribution is 0.0161. The van der Waals surface area contributed by atoms with Gasteiger partial charge in [-0.25, -0.2) is 0 Å². The number of nitrogens with zero attached hydrogens (tertiary/aromatic N) is 3. The summed E-state index contributed by atoms with van der Waals surface area (Å²) < 4.78 is 41.2. The van der Waals surface area contributed by atoms with E-state index in [1.807, 2.05) is 10.4 Å². The molecule has 160 valence electrons. The fourth-order valence-electron chi connectivity index (χ4n) is 5.73. The quantitative estimate of drug-likeness (QED) is 0.743. The van der Waals surface area contributed by atoms with Gasteiger partial charge in [0.15, 0.2) is 0 Å². The summed E-state index contributed by atoms with van der Waals surface area (Å²) in [4.78, 5) is 2.58. The first-order chi connectivity index (χ1) is 14.1. The molecule has 8 heteroatoms. The number of methoxy groups -OCH3 is 1. The van der Waals surface area contributed by atoms with Gasteiger partial charge in [-0.05, 0) is 54.9 Å². The highest BCUT2D eigenvalue weighted by Gasteiger charge is 2.47. The van der Waals surface area contributed by atoms with E-state index in [9.17, 15) is 8.42 Å². The molecule has 0 N–H and O–H groups in total. The van der Waals surface area contributed by atoms with Crippen molar-refractivity contribution in [2.24, 2.45) is 5.92 Å². The van der Waals surface area contributed by atoms with Crippen molar-refractivity contribution in [2.45, 2.75) is 37.8 Å². The molecule has 1 aromatic rings. The van der Waals surface area contributed by atoms with E-state index in [0.717, 1.165) is 44.5 Å². The van der Waals surface area contributed by atoms with E-state index in [2.05, 4.69) is 17.0 Å². The van der Waals surface area contributed by atoms with Gasteiger partial charge in [-0.15, -0.1) is 0 Å². The van der Waals surface area contributed by atoms with E-state index in [4.69, 9.17) is 9.47 Å². The molecule has 0 spiro atoms. The molecule has 0 radical (unpaired) electrons. The minimum absolute atomic E-state index is 0.0888. The molecule has 0 bridgehead atoms. The second kappa shape index (κ2) is 7.81. The van der Waals surface area contributed by atoms with Crippen LogP contribution in [0.1, 0.15) is 36.4 Å². The summed E-state index contributed by atoms with van der Waals surface area (Å²) in [6, 6.07) is 6.77. The smallest absolute Gasteiger partial charge is 0.282 e.